The minimum Gasteiger partial charge on any atom is -0.476 e. The van der Waals surface area contributed by atoms with Gasteiger partial charge in [-0.2, -0.15) is 0 Å². The van der Waals surface area contributed by atoms with Gasteiger partial charge in [0, 0.05) is 11.1 Å². The normalized spacial score (nSPS) is 11.6. The van der Waals surface area contributed by atoms with Crippen LogP contribution in [-0.4, -0.2) is 11.8 Å². The zero-order valence-electron chi connectivity index (χ0n) is 13.7. The summed E-state index contributed by atoms with van der Waals surface area (Å²) in [7, 11) is 0. The van der Waals surface area contributed by atoms with E-state index in [4.69, 9.17) is 20.7 Å². The highest BCUT2D eigenvalue weighted by atomic mass is 16.5. The monoisotopic (exact) mass is 351 g/mol. The second-order valence-electron chi connectivity index (χ2n) is 5.47. The lowest BCUT2D eigenvalue weighted by Gasteiger charge is -2.16. The number of carbonyl (C=O) groups excluding carboxylic acids is 2. The maximum Gasteiger partial charge on any atom is 0.301 e. The first-order valence-corrected chi connectivity index (χ1v) is 7.80. The number of nitrogen functional groups attached to an aromatic ring is 1. The minimum absolute atomic E-state index is 0.112. The molecule has 1 unspecified atom stereocenters. The molecular weight excluding hydrogens is 334 g/mol. The number of benzene rings is 2. The highest BCUT2D eigenvalue weighted by Crippen LogP contribution is 2.28. The first-order chi connectivity index (χ1) is 12.6. The summed E-state index contributed by atoms with van der Waals surface area (Å²) in [5.74, 6) is 4.62. The van der Waals surface area contributed by atoms with Gasteiger partial charge in [-0.1, -0.05) is 42.5 Å². The van der Waals surface area contributed by atoms with Gasteiger partial charge in [0.15, 0.2) is 5.76 Å². The van der Waals surface area contributed by atoms with Crippen molar-refractivity contribution in [3.05, 3.63) is 78.3 Å². The molecule has 1 heterocycles. The van der Waals surface area contributed by atoms with E-state index < -0.39 is 17.9 Å². The van der Waals surface area contributed by atoms with Crippen molar-refractivity contribution in [3.63, 3.8) is 0 Å². The van der Waals surface area contributed by atoms with Crippen molar-refractivity contribution >= 4 is 11.8 Å². The molecule has 0 saturated carbocycles. The summed E-state index contributed by atoms with van der Waals surface area (Å²) >= 11 is 0. The Labute approximate surface area is 149 Å². The lowest BCUT2D eigenvalue weighted by Crippen LogP contribution is -2.29. The largest absolute Gasteiger partial charge is 0.476 e. The van der Waals surface area contributed by atoms with E-state index in [1.807, 2.05) is 11.5 Å². The summed E-state index contributed by atoms with van der Waals surface area (Å²) in [6.45, 7) is 0. The molecule has 132 valence electrons. The number of furan rings is 1. The van der Waals surface area contributed by atoms with E-state index in [1.54, 1.807) is 54.6 Å². The van der Waals surface area contributed by atoms with Gasteiger partial charge in [-0.3, -0.25) is 15.0 Å². The molecule has 0 bridgehead atoms. The molecule has 0 radical (unpaired) electrons. The average molecular weight is 351 g/mol. The predicted molar refractivity (Wildman–Crippen MR) is 94.8 cm³/mol. The molecule has 0 saturated heterocycles. The molecule has 26 heavy (non-hydrogen) atoms. The van der Waals surface area contributed by atoms with E-state index in [1.165, 1.54) is 6.26 Å². The Morgan fingerprint density at radius 3 is 2.31 bits per heavy atom. The van der Waals surface area contributed by atoms with E-state index in [9.17, 15) is 9.59 Å². The molecule has 3 aromatic rings. The van der Waals surface area contributed by atoms with Crippen molar-refractivity contribution < 1.29 is 18.7 Å². The zero-order chi connectivity index (χ0) is 18.5. The van der Waals surface area contributed by atoms with Crippen molar-refractivity contribution in [1.29, 1.82) is 0 Å². The van der Waals surface area contributed by atoms with Crippen LogP contribution in [0.25, 0.3) is 11.1 Å². The number of amides is 2. The van der Waals surface area contributed by atoms with Crippen LogP contribution in [0.5, 0.6) is 5.75 Å². The Morgan fingerprint density at radius 2 is 1.69 bits per heavy atom. The fourth-order valence-corrected chi connectivity index (χ4v) is 2.55. The number of carbonyl (C=O) groups is 2. The Balaban J connectivity index is 1.83. The maximum atomic E-state index is 11.7. The molecule has 3 rings (SSSR count). The number of hydrogen-bond donors (Lipinski definition) is 3. The van der Waals surface area contributed by atoms with E-state index in [0.717, 1.165) is 5.56 Å². The number of hydrazine groups is 1. The predicted octanol–water partition coefficient (Wildman–Crippen LogP) is 2.16. The third-order valence-electron chi connectivity index (χ3n) is 3.78. The molecular formula is C19H17N3O4. The fraction of sp³-hybridized carbons (Fsp3) is 0.0526. The summed E-state index contributed by atoms with van der Waals surface area (Å²) in [4.78, 5) is 23.4. The molecule has 2 aromatic carbocycles. The van der Waals surface area contributed by atoms with Gasteiger partial charge in [0.05, 0.1) is 6.26 Å². The van der Waals surface area contributed by atoms with Gasteiger partial charge in [-0.15, -0.1) is 0 Å². The van der Waals surface area contributed by atoms with Gasteiger partial charge in [0.1, 0.15) is 5.75 Å². The van der Waals surface area contributed by atoms with Crippen LogP contribution in [0, 0.1) is 0 Å². The highest BCUT2D eigenvalue weighted by Gasteiger charge is 2.20. The van der Waals surface area contributed by atoms with Crippen molar-refractivity contribution in [2.75, 3.05) is 0 Å². The van der Waals surface area contributed by atoms with E-state index in [2.05, 4.69) is 0 Å². The minimum atomic E-state index is -0.894. The molecule has 2 amide bonds. The Hall–Kier alpha value is -3.58. The fourth-order valence-electron chi connectivity index (χ4n) is 2.55. The standard InChI is InChI=1S/C19H17N3O4/c20-18(23)16(13-4-2-1-3-5-13)26-14-8-6-12(7-9-14)15-10-11-25-17(15)19(24)22-21/h1-11,16H,21H2,(H2,20,23)(H,22,24). The van der Waals surface area contributed by atoms with Gasteiger partial charge < -0.3 is 14.9 Å². The molecule has 7 nitrogen and oxygen atoms in total. The van der Waals surface area contributed by atoms with Crippen LogP contribution in [0.2, 0.25) is 0 Å². The van der Waals surface area contributed by atoms with Crippen molar-refractivity contribution in [2.45, 2.75) is 6.10 Å². The summed E-state index contributed by atoms with van der Waals surface area (Å²) < 4.78 is 10.9. The van der Waals surface area contributed by atoms with Crippen molar-refractivity contribution in [3.8, 4) is 16.9 Å². The summed E-state index contributed by atoms with van der Waals surface area (Å²) in [5, 5.41) is 0. The van der Waals surface area contributed by atoms with Crippen LogP contribution >= 0.6 is 0 Å². The van der Waals surface area contributed by atoms with E-state index in [-0.39, 0.29) is 5.76 Å². The van der Waals surface area contributed by atoms with Crippen LogP contribution in [0.4, 0.5) is 0 Å². The second kappa shape index (κ2) is 7.54. The zero-order valence-corrected chi connectivity index (χ0v) is 13.7. The highest BCUT2D eigenvalue weighted by molar-refractivity contribution is 5.97. The summed E-state index contributed by atoms with van der Waals surface area (Å²) in [6.07, 6.45) is 0.512. The first-order valence-electron chi connectivity index (χ1n) is 7.80. The summed E-state index contributed by atoms with van der Waals surface area (Å²) in [6, 6.07) is 17.5. The van der Waals surface area contributed by atoms with Gasteiger partial charge in [0.25, 0.3) is 5.91 Å². The third kappa shape index (κ3) is 3.57. The van der Waals surface area contributed by atoms with Crippen LogP contribution in [0.3, 0.4) is 0 Å². The number of nitrogens with one attached hydrogen (secondary N) is 1. The van der Waals surface area contributed by atoms with Gasteiger partial charge >= 0.3 is 5.91 Å². The second-order valence-corrected chi connectivity index (χ2v) is 5.47. The first kappa shape index (κ1) is 17.2. The molecule has 1 atom stereocenters. The Kier molecular flexibility index (Phi) is 5.00. The van der Waals surface area contributed by atoms with Crippen LogP contribution in [-0.2, 0) is 4.79 Å². The Morgan fingerprint density at radius 1 is 1.00 bits per heavy atom. The third-order valence-corrected chi connectivity index (χ3v) is 3.78. The van der Waals surface area contributed by atoms with Crippen LogP contribution in [0.1, 0.15) is 22.2 Å². The molecule has 0 aliphatic carbocycles. The number of primary amides is 1. The molecule has 0 spiro atoms. The van der Waals surface area contributed by atoms with E-state index in [0.29, 0.717) is 16.9 Å². The molecule has 5 N–H and O–H groups in total. The SMILES string of the molecule is NNC(=O)c1occc1-c1ccc(OC(C(N)=O)c2ccccc2)cc1. The molecule has 1 aromatic heterocycles. The number of rotatable bonds is 6. The number of ether oxygens (including phenoxy) is 1. The topological polar surface area (TPSA) is 121 Å². The molecule has 0 fully saturated rings. The average Bonchev–Trinajstić information content (AvgIpc) is 3.16. The smallest absolute Gasteiger partial charge is 0.301 e. The summed E-state index contributed by atoms with van der Waals surface area (Å²) in [5.41, 5.74) is 9.49. The lowest BCUT2D eigenvalue weighted by molar-refractivity contribution is -0.125. The van der Waals surface area contributed by atoms with Gasteiger partial charge in [-0.05, 0) is 23.8 Å². The Bertz CT molecular complexity index is 904. The van der Waals surface area contributed by atoms with Crippen molar-refractivity contribution in [1.82, 2.24) is 5.43 Å². The number of hydrogen-bond acceptors (Lipinski definition) is 5. The maximum absolute atomic E-state index is 11.7. The molecule has 7 heteroatoms. The van der Waals surface area contributed by atoms with Gasteiger partial charge in [0.2, 0.25) is 6.10 Å². The molecule has 0 aliphatic heterocycles. The quantitative estimate of drug-likeness (QED) is 0.357. The van der Waals surface area contributed by atoms with E-state index >= 15 is 0 Å². The van der Waals surface area contributed by atoms with Crippen LogP contribution < -0.4 is 21.7 Å². The van der Waals surface area contributed by atoms with Crippen LogP contribution in [0.15, 0.2) is 71.3 Å². The van der Waals surface area contributed by atoms with Gasteiger partial charge in [-0.25, -0.2) is 5.84 Å². The number of nitrogens with two attached hydrogens (primary N) is 2. The van der Waals surface area contributed by atoms with Crippen molar-refractivity contribution in [2.24, 2.45) is 11.6 Å². The lowest BCUT2D eigenvalue weighted by atomic mass is 10.1. The molecule has 0 aliphatic rings.